The van der Waals surface area contributed by atoms with E-state index in [-0.39, 0.29) is 23.0 Å². The minimum Gasteiger partial charge on any atom is -0.392 e. The highest BCUT2D eigenvalue weighted by molar-refractivity contribution is 5.25. The van der Waals surface area contributed by atoms with Crippen molar-refractivity contribution in [1.29, 1.82) is 0 Å². The zero-order chi connectivity index (χ0) is 14.9. The minimum absolute atomic E-state index is 0.142. The number of hydrogen-bond acceptors (Lipinski definition) is 3. The number of aliphatic hydroxyl groups excluding tert-OH is 1. The molecular formula is C18H26O3. The Morgan fingerprint density at radius 2 is 2.00 bits per heavy atom. The Bertz CT molecular complexity index is 463. The monoisotopic (exact) mass is 290 g/mol. The summed E-state index contributed by atoms with van der Waals surface area (Å²) in [6.45, 7) is 6.48. The molecule has 0 bridgehead atoms. The summed E-state index contributed by atoms with van der Waals surface area (Å²) in [5, 5.41) is 11.0. The average Bonchev–Trinajstić information content (AvgIpc) is 2.95. The third-order valence-electron chi connectivity index (χ3n) is 5.30. The van der Waals surface area contributed by atoms with Crippen LogP contribution in [0.25, 0.3) is 0 Å². The molecule has 1 aromatic carbocycles. The van der Waals surface area contributed by atoms with Gasteiger partial charge in [-0.2, -0.15) is 0 Å². The summed E-state index contributed by atoms with van der Waals surface area (Å²) >= 11 is 0. The van der Waals surface area contributed by atoms with Crippen molar-refractivity contribution in [1.82, 2.24) is 0 Å². The predicted octanol–water partition coefficient (Wildman–Crippen LogP) is 2.91. The molecule has 3 heteroatoms. The molecule has 2 heterocycles. The van der Waals surface area contributed by atoms with Crippen molar-refractivity contribution >= 4 is 0 Å². The molecule has 2 aliphatic rings. The van der Waals surface area contributed by atoms with Crippen molar-refractivity contribution in [2.75, 3.05) is 19.8 Å². The van der Waals surface area contributed by atoms with Crippen molar-refractivity contribution in [2.45, 2.75) is 50.2 Å². The van der Waals surface area contributed by atoms with E-state index in [2.05, 4.69) is 26.0 Å². The second-order valence-corrected chi connectivity index (χ2v) is 7.12. The zero-order valence-electron chi connectivity index (χ0n) is 13.0. The molecule has 0 aromatic heterocycles. The van der Waals surface area contributed by atoms with E-state index in [1.807, 2.05) is 18.2 Å². The third kappa shape index (κ3) is 2.87. The molecule has 0 saturated carbocycles. The van der Waals surface area contributed by atoms with Gasteiger partial charge in [-0.3, -0.25) is 0 Å². The van der Waals surface area contributed by atoms with E-state index >= 15 is 0 Å². The van der Waals surface area contributed by atoms with Crippen LogP contribution in [0.2, 0.25) is 0 Å². The Labute approximate surface area is 127 Å². The van der Waals surface area contributed by atoms with Crippen LogP contribution in [0, 0.1) is 5.92 Å². The maximum atomic E-state index is 11.0. The zero-order valence-corrected chi connectivity index (χ0v) is 13.0. The van der Waals surface area contributed by atoms with Crippen LogP contribution >= 0.6 is 0 Å². The molecule has 1 aromatic rings. The summed E-state index contributed by atoms with van der Waals surface area (Å²) < 4.78 is 11.5. The van der Waals surface area contributed by atoms with E-state index in [9.17, 15) is 5.11 Å². The molecule has 3 rings (SSSR count). The molecule has 0 aliphatic carbocycles. The topological polar surface area (TPSA) is 38.7 Å². The molecule has 2 saturated heterocycles. The summed E-state index contributed by atoms with van der Waals surface area (Å²) in [5.41, 5.74) is 0.807. The molecule has 116 valence electrons. The van der Waals surface area contributed by atoms with Crippen LogP contribution in [0.5, 0.6) is 0 Å². The van der Waals surface area contributed by atoms with E-state index in [4.69, 9.17) is 9.47 Å². The Morgan fingerprint density at radius 1 is 1.24 bits per heavy atom. The fraction of sp³-hybridized carbons (Fsp3) is 0.667. The van der Waals surface area contributed by atoms with Crippen molar-refractivity contribution in [3.05, 3.63) is 35.9 Å². The molecule has 3 nitrogen and oxygen atoms in total. The summed E-state index contributed by atoms with van der Waals surface area (Å²) in [6.07, 6.45) is 2.44. The molecule has 0 amide bonds. The highest BCUT2D eigenvalue weighted by atomic mass is 16.6. The van der Waals surface area contributed by atoms with Gasteiger partial charge in [-0.25, -0.2) is 0 Å². The molecule has 2 fully saturated rings. The van der Waals surface area contributed by atoms with Crippen LogP contribution < -0.4 is 0 Å². The SMILES string of the molecule is CC(C)(c1ccccc1)C(O)C1CCOC2(CCOC2)C1. The lowest BCUT2D eigenvalue weighted by molar-refractivity contribution is -0.124. The molecule has 3 unspecified atom stereocenters. The quantitative estimate of drug-likeness (QED) is 0.930. The number of aliphatic hydroxyl groups is 1. The smallest absolute Gasteiger partial charge is 0.0940 e. The minimum atomic E-state index is -0.360. The number of ether oxygens (including phenoxy) is 2. The molecule has 1 N–H and O–H groups in total. The van der Waals surface area contributed by atoms with E-state index in [0.717, 1.165) is 32.5 Å². The fourth-order valence-corrected chi connectivity index (χ4v) is 3.83. The molecule has 1 spiro atoms. The number of rotatable bonds is 3. The number of benzene rings is 1. The van der Waals surface area contributed by atoms with Crippen LogP contribution in [-0.2, 0) is 14.9 Å². The van der Waals surface area contributed by atoms with Gasteiger partial charge in [0, 0.05) is 25.0 Å². The molecule has 21 heavy (non-hydrogen) atoms. The van der Waals surface area contributed by atoms with E-state index < -0.39 is 0 Å². The van der Waals surface area contributed by atoms with Gasteiger partial charge < -0.3 is 14.6 Å². The van der Waals surface area contributed by atoms with Gasteiger partial charge in [-0.15, -0.1) is 0 Å². The van der Waals surface area contributed by atoms with Crippen molar-refractivity contribution in [3.8, 4) is 0 Å². The van der Waals surface area contributed by atoms with Crippen LogP contribution in [0.4, 0.5) is 0 Å². The Hall–Kier alpha value is -0.900. The largest absolute Gasteiger partial charge is 0.392 e. The maximum absolute atomic E-state index is 11.0. The molecular weight excluding hydrogens is 264 g/mol. The van der Waals surface area contributed by atoms with Gasteiger partial charge in [-0.1, -0.05) is 44.2 Å². The van der Waals surface area contributed by atoms with E-state index in [1.165, 1.54) is 5.56 Å². The molecule has 2 aliphatic heterocycles. The van der Waals surface area contributed by atoms with Crippen molar-refractivity contribution in [2.24, 2.45) is 5.92 Å². The van der Waals surface area contributed by atoms with Crippen LogP contribution in [-0.4, -0.2) is 36.6 Å². The lowest BCUT2D eigenvalue weighted by Crippen LogP contribution is -2.48. The van der Waals surface area contributed by atoms with Gasteiger partial charge >= 0.3 is 0 Å². The van der Waals surface area contributed by atoms with Crippen LogP contribution in [0.15, 0.2) is 30.3 Å². The molecule has 0 radical (unpaired) electrons. The van der Waals surface area contributed by atoms with Gasteiger partial charge in [0.15, 0.2) is 0 Å². The first-order valence-corrected chi connectivity index (χ1v) is 7.99. The Balaban J connectivity index is 1.76. The summed E-state index contributed by atoms with van der Waals surface area (Å²) in [7, 11) is 0. The normalized spacial score (nSPS) is 31.5. The predicted molar refractivity (Wildman–Crippen MR) is 82.3 cm³/mol. The van der Waals surface area contributed by atoms with Crippen molar-refractivity contribution in [3.63, 3.8) is 0 Å². The maximum Gasteiger partial charge on any atom is 0.0940 e. The van der Waals surface area contributed by atoms with Gasteiger partial charge in [0.2, 0.25) is 0 Å². The second kappa shape index (κ2) is 5.71. The first kappa shape index (κ1) is 15.0. The average molecular weight is 290 g/mol. The first-order chi connectivity index (χ1) is 10.0. The first-order valence-electron chi connectivity index (χ1n) is 7.99. The van der Waals surface area contributed by atoms with Crippen LogP contribution in [0.1, 0.15) is 38.7 Å². The van der Waals surface area contributed by atoms with Gasteiger partial charge in [0.1, 0.15) is 0 Å². The second-order valence-electron chi connectivity index (χ2n) is 7.12. The highest BCUT2D eigenvalue weighted by Crippen LogP contribution is 2.41. The third-order valence-corrected chi connectivity index (χ3v) is 5.30. The van der Waals surface area contributed by atoms with Gasteiger partial charge in [0.25, 0.3) is 0 Å². The Morgan fingerprint density at radius 3 is 2.67 bits per heavy atom. The number of hydrogen-bond donors (Lipinski definition) is 1. The van der Waals surface area contributed by atoms with Crippen molar-refractivity contribution < 1.29 is 14.6 Å². The van der Waals surface area contributed by atoms with E-state index in [1.54, 1.807) is 0 Å². The van der Waals surface area contributed by atoms with Gasteiger partial charge in [0.05, 0.1) is 18.3 Å². The standard InChI is InChI=1S/C18H26O3/c1-17(2,15-6-4-3-5-7-15)16(19)14-8-10-21-18(12-14)9-11-20-13-18/h3-7,14,16,19H,8-13H2,1-2H3. The fourth-order valence-electron chi connectivity index (χ4n) is 3.83. The van der Waals surface area contributed by atoms with E-state index in [0.29, 0.717) is 6.61 Å². The van der Waals surface area contributed by atoms with Crippen LogP contribution in [0.3, 0.4) is 0 Å². The Kier molecular flexibility index (Phi) is 4.08. The summed E-state index contributed by atoms with van der Waals surface area (Å²) in [5.74, 6) is 0.274. The molecule has 3 atom stereocenters. The lowest BCUT2D eigenvalue weighted by atomic mass is 9.70. The van der Waals surface area contributed by atoms with Gasteiger partial charge in [-0.05, 0) is 24.3 Å². The highest BCUT2D eigenvalue weighted by Gasteiger charge is 2.45. The summed E-state index contributed by atoms with van der Waals surface area (Å²) in [4.78, 5) is 0. The lowest BCUT2D eigenvalue weighted by Gasteiger charge is -2.43. The summed E-state index contributed by atoms with van der Waals surface area (Å²) in [6, 6.07) is 10.3.